The SMILES string of the molecule is CN1CCC(CCCCn2ccc3ccccc32)CC1. The number of hydrogen-bond donors (Lipinski definition) is 0. The Bertz CT molecular complexity index is 535. The van der Waals surface area contributed by atoms with Crippen molar-refractivity contribution >= 4 is 10.9 Å². The summed E-state index contributed by atoms with van der Waals surface area (Å²) in [6.45, 7) is 3.76. The first-order chi connectivity index (χ1) is 9.83. The molecule has 108 valence electrons. The van der Waals surface area contributed by atoms with Crippen LogP contribution < -0.4 is 0 Å². The molecule has 3 rings (SSSR count). The van der Waals surface area contributed by atoms with Gasteiger partial charge in [0.05, 0.1) is 0 Å². The van der Waals surface area contributed by atoms with Crippen LogP contribution in [-0.2, 0) is 6.54 Å². The molecule has 0 unspecified atom stereocenters. The van der Waals surface area contributed by atoms with Crippen LogP contribution in [0.1, 0.15) is 32.1 Å². The third kappa shape index (κ3) is 3.24. The van der Waals surface area contributed by atoms with Crippen molar-refractivity contribution in [1.29, 1.82) is 0 Å². The van der Waals surface area contributed by atoms with Crippen LogP contribution in [-0.4, -0.2) is 29.6 Å². The molecule has 1 aliphatic heterocycles. The van der Waals surface area contributed by atoms with Gasteiger partial charge < -0.3 is 9.47 Å². The van der Waals surface area contributed by atoms with Gasteiger partial charge in [-0.05, 0) is 62.8 Å². The van der Waals surface area contributed by atoms with Crippen LogP contribution >= 0.6 is 0 Å². The van der Waals surface area contributed by atoms with Gasteiger partial charge in [-0.2, -0.15) is 0 Å². The maximum atomic E-state index is 2.46. The van der Waals surface area contributed by atoms with E-state index < -0.39 is 0 Å². The first-order valence-electron chi connectivity index (χ1n) is 8.05. The Morgan fingerprint density at radius 3 is 2.70 bits per heavy atom. The summed E-state index contributed by atoms with van der Waals surface area (Å²) in [5.41, 5.74) is 1.38. The Morgan fingerprint density at radius 2 is 1.85 bits per heavy atom. The predicted molar refractivity (Wildman–Crippen MR) is 86.0 cm³/mol. The van der Waals surface area contributed by atoms with E-state index in [0.717, 1.165) is 5.92 Å². The van der Waals surface area contributed by atoms with E-state index >= 15 is 0 Å². The van der Waals surface area contributed by atoms with Crippen molar-refractivity contribution < 1.29 is 0 Å². The number of benzene rings is 1. The summed E-state index contributed by atoms with van der Waals surface area (Å²) in [5, 5.41) is 1.36. The van der Waals surface area contributed by atoms with Gasteiger partial charge in [-0.1, -0.05) is 31.0 Å². The fraction of sp³-hybridized carbons (Fsp3) is 0.556. The van der Waals surface area contributed by atoms with E-state index in [1.165, 1.54) is 62.6 Å². The number of rotatable bonds is 5. The Labute approximate surface area is 122 Å². The van der Waals surface area contributed by atoms with Crippen molar-refractivity contribution in [3.05, 3.63) is 36.5 Å². The topological polar surface area (TPSA) is 8.17 Å². The molecule has 0 spiro atoms. The molecule has 20 heavy (non-hydrogen) atoms. The second-order valence-corrected chi connectivity index (χ2v) is 6.31. The number of hydrogen-bond acceptors (Lipinski definition) is 1. The standard InChI is InChI=1S/C18H26N2/c1-19-13-9-16(10-14-19)6-4-5-12-20-15-11-17-7-2-3-8-18(17)20/h2-3,7-8,11,15-16H,4-6,9-10,12-14H2,1H3. The largest absolute Gasteiger partial charge is 0.347 e. The molecule has 1 saturated heterocycles. The van der Waals surface area contributed by atoms with Gasteiger partial charge in [0.1, 0.15) is 0 Å². The maximum absolute atomic E-state index is 2.46. The van der Waals surface area contributed by atoms with Crippen molar-refractivity contribution in [2.75, 3.05) is 20.1 Å². The summed E-state index contributed by atoms with van der Waals surface area (Å²) >= 11 is 0. The Kier molecular flexibility index (Phi) is 4.41. The van der Waals surface area contributed by atoms with Crippen LogP contribution in [0.5, 0.6) is 0 Å². The lowest BCUT2D eigenvalue weighted by molar-refractivity contribution is 0.209. The summed E-state index contributed by atoms with van der Waals surface area (Å²) in [6, 6.07) is 10.9. The van der Waals surface area contributed by atoms with E-state index in [2.05, 4.69) is 53.0 Å². The van der Waals surface area contributed by atoms with Gasteiger partial charge in [0.25, 0.3) is 0 Å². The highest BCUT2D eigenvalue weighted by Crippen LogP contribution is 2.22. The van der Waals surface area contributed by atoms with E-state index in [1.807, 2.05) is 0 Å². The monoisotopic (exact) mass is 270 g/mol. The van der Waals surface area contributed by atoms with Gasteiger partial charge in [-0.3, -0.25) is 0 Å². The van der Waals surface area contributed by atoms with Crippen LogP contribution in [0.4, 0.5) is 0 Å². The van der Waals surface area contributed by atoms with Crippen LogP contribution in [0, 0.1) is 5.92 Å². The molecule has 2 heterocycles. The zero-order valence-corrected chi connectivity index (χ0v) is 12.6. The van der Waals surface area contributed by atoms with Crippen molar-refractivity contribution in [3.8, 4) is 0 Å². The molecule has 0 N–H and O–H groups in total. The molecule has 2 heteroatoms. The first kappa shape index (κ1) is 13.7. The fourth-order valence-corrected chi connectivity index (χ4v) is 3.40. The number of aromatic nitrogens is 1. The molecule has 0 bridgehead atoms. The van der Waals surface area contributed by atoms with Crippen molar-refractivity contribution in [2.24, 2.45) is 5.92 Å². The Balaban J connectivity index is 1.44. The lowest BCUT2D eigenvalue weighted by atomic mass is 9.92. The molecule has 2 aromatic rings. The van der Waals surface area contributed by atoms with Crippen LogP contribution in [0.25, 0.3) is 10.9 Å². The molecule has 2 nitrogen and oxygen atoms in total. The number of nitrogens with zero attached hydrogens (tertiary/aromatic N) is 2. The van der Waals surface area contributed by atoms with Gasteiger partial charge in [0.2, 0.25) is 0 Å². The summed E-state index contributed by atoms with van der Waals surface area (Å²) in [7, 11) is 2.24. The zero-order valence-electron chi connectivity index (χ0n) is 12.6. The molecule has 1 aliphatic rings. The van der Waals surface area contributed by atoms with E-state index in [-0.39, 0.29) is 0 Å². The highest BCUT2D eigenvalue weighted by Gasteiger charge is 2.15. The smallest absolute Gasteiger partial charge is 0.0480 e. The minimum absolute atomic E-state index is 0.979. The molecule has 0 amide bonds. The van der Waals surface area contributed by atoms with Gasteiger partial charge >= 0.3 is 0 Å². The van der Waals surface area contributed by atoms with Gasteiger partial charge in [-0.15, -0.1) is 0 Å². The van der Waals surface area contributed by atoms with Crippen LogP contribution in [0.3, 0.4) is 0 Å². The normalized spacial score (nSPS) is 17.9. The van der Waals surface area contributed by atoms with Gasteiger partial charge in [-0.25, -0.2) is 0 Å². The van der Waals surface area contributed by atoms with Gasteiger partial charge in [0, 0.05) is 18.3 Å². The highest BCUT2D eigenvalue weighted by atomic mass is 15.1. The molecular formula is C18H26N2. The predicted octanol–water partition coefficient (Wildman–Crippen LogP) is 4.15. The molecule has 1 fully saturated rings. The second-order valence-electron chi connectivity index (χ2n) is 6.31. The fourth-order valence-electron chi connectivity index (χ4n) is 3.40. The average Bonchev–Trinajstić information content (AvgIpc) is 2.89. The van der Waals surface area contributed by atoms with Crippen molar-refractivity contribution in [2.45, 2.75) is 38.6 Å². The number of unbranched alkanes of at least 4 members (excludes halogenated alkanes) is 1. The van der Waals surface area contributed by atoms with Crippen molar-refractivity contribution in [1.82, 2.24) is 9.47 Å². The molecular weight excluding hydrogens is 244 g/mol. The minimum atomic E-state index is 0.979. The first-order valence-corrected chi connectivity index (χ1v) is 8.05. The van der Waals surface area contributed by atoms with E-state index in [1.54, 1.807) is 0 Å². The Morgan fingerprint density at radius 1 is 1.05 bits per heavy atom. The second kappa shape index (κ2) is 6.45. The molecule has 1 aromatic heterocycles. The van der Waals surface area contributed by atoms with Gasteiger partial charge in [0.15, 0.2) is 0 Å². The lowest BCUT2D eigenvalue weighted by Gasteiger charge is -2.28. The Hall–Kier alpha value is -1.28. The molecule has 0 saturated carbocycles. The number of piperidine rings is 1. The maximum Gasteiger partial charge on any atom is 0.0480 e. The molecule has 0 radical (unpaired) electrons. The quantitative estimate of drug-likeness (QED) is 0.741. The molecule has 0 aliphatic carbocycles. The minimum Gasteiger partial charge on any atom is -0.347 e. The van der Waals surface area contributed by atoms with E-state index in [9.17, 15) is 0 Å². The van der Waals surface area contributed by atoms with Crippen LogP contribution in [0.15, 0.2) is 36.5 Å². The molecule has 0 atom stereocenters. The van der Waals surface area contributed by atoms with E-state index in [0.29, 0.717) is 0 Å². The van der Waals surface area contributed by atoms with Crippen LogP contribution in [0.2, 0.25) is 0 Å². The summed E-state index contributed by atoms with van der Waals surface area (Å²) in [4.78, 5) is 2.46. The molecule has 1 aromatic carbocycles. The number of para-hydroxylation sites is 1. The third-order valence-electron chi connectivity index (χ3n) is 4.78. The van der Waals surface area contributed by atoms with Crippen molar-refractivity contribution in [3.63, 3.8) is 0 Å². The summed E-state index contributed by atoms with van der Waals surface area (Å²) in [6.07, 6.45) is 9.16. The lowest BCUT2D eigenvalue weighted by Crippen LogP contribution is -2.30. The number of likely N-dealkylation sites (tertiary alicyclic amines) is 1. The number of fused-ring (bicyclic) bond motifs is 1. The highest BCUT2D eigenvalue weighted by molar-refractivity contribution is 5.79. The number of aryl methyl sites for hydroxylation is 1. The summed E-state index contributed by atoms with van der Waals surface area (Å²) < 4.78 is 2.41. The third-order valence-corrected chi connectivity index (χ3v) is 4.78. The average molecular weight is 270 g/mol. The zero-order chi connectivity index (χ0) is 13.8. The van der Waals surface area contributed by atoms with E-state index in [4.69, 9.17) is 0 Å². The summed E-state index contributed by atoms with van der Waals surface area (Å²) in [5.74, 6) is 0.979.